The van der Waals surface area contributed by atoms with Crippen molar-refractivity contribution < 1.29 is 14.2 Å². The third-order valence-electron chi connectivity index (χ3n) is 1.66. The average Bonchev–Trinajstić information content (AvgIpc) is 2.48. The lowest BCUT2D eigenvalue weighted by Gasteiger charge is -2.11. The first kappa shape index (κ1) is 10.5. The number of esters is 1. The summed E-state index contributed by atoms with van der Waals surface area (Å²) in [6.07, 6.45) is -0.161. The SMILES string of the molecule is CC(C)OC(=O)C(C)c1nonc1N. The molecule has 1 heterocycles. The van der Waals surface area contributed by atoms with Crippen LogP contribution in [-0.4, -0.2) is 22.4 Å². The highest BCUT2D eigenvalue weighted by molar-refractivity contribution is 5.78. The Hall–Kier alpha value is -1.59. The van der Waals surface area contributed by atoms with E-state index < -0.39 is 5.92 Å². The Kier molecular flexibility index (Phi) is 3.06. The molecular formula is C8H13N3O3. The molecule has 1 atom stereocenters. The fourth-order valence-corrected chi connectivity index (χ4v) is 0.949. The zero-order chi connectivity index (χ0) is 10.7. The highest BCUT2D eigenvalue weighted by Gasteiger charge is 2.24. The Morgan fingerprint density at radius 3 is 2.50 bits per heavy atom. The number of nitrogens with two attached hydrogens (primary N) is 1. The molecule has 2 N–H and O–H groups in total. The van der Waals surface area contributed by atoms with Crippen LogP contribution in [0.15, 0.2) is 4.63 Å². The molecule has 0 aromatic carbocycles. The molecule has 0 aliphatic heterocycles. The van der Waals surface area contributed by atoms with Gasteiger partial charge in [0.25, 0.3) is 0 Å². The summed E-state index contributed by atoms with van der Waals surface area (Å²) in [6.45, 7) is 5.19. The smallest absolute Gasteiger partial charge is 0.315 e. The van der Waals surface area contributed by atoms with E-state index in [-0.39, 0.29) is 17.9 Å². The second-order valence-electron chi connectivity index (χ2n) is 3.24. The van der Waals surface area contributed by atoms with Gasteiger partial charge in [-0.05, 0) is 25.9 Å². The largest absolute Gasteiger partial charge is 0.462 e. The van der Waals surface area contributed by atoms with Crippen LogP contribution in [0.3, 0.4) is 0 Å². The van der Waals surface area contributed by atoms with Crippen molar-refractivity contribution in [3.63, 3.8) is 0 Å². The summed E-state index contributed by atoms with van der Waals surface area (Å²) < 4.78 is 9.38. The van der Waals surface area contributed by atoms with E-state index in [0.29, 0.717) is 5.69 Å². The fourth-order valence-electron chi connectivity index (χ4n) is 0.949. The molecular weight excluding hydrogens is 186 g/mol. The van der Waals surface area contributed by atoms with Gasteiger partial charge in [0.1, 0.15) is 11.6 Å². The predicted molar refractivity (Wildman–Crippen MR) is 48.4 cm³/mol. The number of carbonyl (C=O) groups excluding carboxylic acids is 1. The zero-order valence-electron chi connectivity index (χ0n) is 8.35. The number of rotatable bonds is 3. The number of hydrogen-bond donors (Lipinski definition) is 1. The van der Waals surface area contributed by atoms with Crippen LogP contribution < -0.4 is 5.73 Å². The summed E-state index contributed by atoms with van der Waals surface area (Å²) in [5, 5.41) is 6.92. The van der Waals surface area contributed by atoms with Crippen LogP contribution in [0.5, 0.6) is 0 Å². The Morgan fingerprint density at radius 2 is 2.07 bits per heavy atom. The minimum Gasteiger partial charge on any atom is -0.462 e. The van der Waals surface area contributed by atoms with Gasteiger partial charge in [0, 0.05) is 0 Å². The van der Waals surface area contributed by atoms with Crippen molar-refractivity contribution in [2.75, 3.05) is 5.73 Å². The lowest BCUT2D eigenvalue weighted by atomic mass is 10.1. The molecule has 1 aromatic heterocycles. The molecule has 0 saturated carbocycles. The van der Waals surface area contributed by atoms with Crippen LogP contribution in [0.25, 0.3) is 0 Å². The van der Waals surface area contributed by atoms with E-state index in [9.17, 15) is 4.79 Å². The standard InChI is InChI=1S/C8H13N3O3/c1-4(2)13-8(12)5(3)6-7(9)11-14-10-6/h4-5H,1-3H3,(H2,9,11). The van der Waals surface area contributed by atoms with Gasteiger partial charge < -0.3 is 10.5 Å². The summed E-state index contributed by atoms with van der Waals surface area (Å²) in [5.41, 5.74) is 5.75. The molecule has 0 fully saturated rings. The van der Waals surface area contributed by atoms with E-state index in [0.717, 1.165) is 0 Å². The quantitative estimate of drug-likeness (QED) is 0.720. The van der Waals surface area contributed by atoms with Crippen LogP contribution in [-0.2, 0) is 9.53 Å². The number of carbonyl (C=O) groups is 1. The summed E-state index contributed by atoms with van der Waals surface area (Å²) in [6, 6.07) is 0. The summed E-state index contributed by atoms with van der Waals surface area (Å²) in [5.74, 6) is -0.816. The van der Waals surface area contributed by atoms with Gasteiger partial charge in [0.2, 0.25) is 0 Å². The van der Waals surface area contributed by atoms with Crippen molar-refractivity contribution in [3.05, 3.63) is 5.69 Å². The molecule has 1 unspecified atom stereocenters. The average molecular weight is 199 g/mol. The monoisotopic (exact) mass is 199 g/mol. The predicted octanol–water partition coefficient (Wildman–Crippen LogP) is 0.707. The second-order valence-corrected chi connectivity index (χ2v) is 3.24. The van der Waals surface area contributed by atoms with Gasteiger partial charge >= 0.3 is 5.97 Å². The first-order valence-corrected chi connectivity index (χ1v) is 4.30. The molecule has 6 nitrogen and oxygen atoms in total. The number of nitrogens with zero attached hydrogens (tertiary/aromatic N) is 2. The van der Waals surface area contributed by atoms with E-state index in [2.05, 4.69) is 14.9 Å². The number of ether oxygens (including phenoxy) is 1. The van der Waals surface area contributed by atoms with Crippen LogP contribution in [0.1, 0.15) is 32.4 Å². The molecule has 1 aromatic rings. The maximum atomic E-state index is 11.4. The normalized spacial score (nSPS) is 12.9. The number of hydrogen-bond acceptors (Lipinski definition) is 6. The van der Waals surface area contributed by atoms with E-state index >= 15 is 0 Å². The van der Waals surface area contributed by atoms with Gasteiger partial charge in [-0.25, -0.2) is 4.63 Å². The van der Waals surface area contributed by atoms with E-state index in [1.807, 2.05) is 0 Å². The Morgan fingerprint density at radius 1 is 1.43 bits per heavy atom. The lowest BCUT2D eigenvalue weighted by molar-refractivity contribution is -0.148. The first-order chi connectivity index (χ1) is 6.52. The number of aromatic nitrogens is 2. The van der Waals surface area contributed by atoms with Gasteiger partial charge in [0.05, 0.1) is 6.10 Å². The van der Waals surface area contributed by atoms with Crippen molar-refractivity contribution in [2.24, 2.45) is 0 Å². The minimum atomic E-state index is -0.552. The molecule has 0 aliphatic carbocycles. The fraction of sp³-hybridized carbons (Fsp3) is 0.625. The van der Waals surface area contributed by atoms with Gasteiger partial charge in [0.15, 0.2) is 5.82 Å². The van der Waals surface area contributed by atoms with Crippen LogP contribution >= 0.6 is 0 Å². The molecule has 6 heteroatoms. The van der Waals surface area contributed by atoms with Crippen molar-refractivity contribution in [2.45, 2.75) is 32.8 Å². The molecule has 0 radical (unpaired) electrons. The molecule has 78 valence electrons. The third-order valence-corrected chi connectivity index (χ3v) is 1.66. The first-order valence-electron chi connectivity index (χ1n) is 4.30. The molecule has 0 spiro atoms. The Balaban J connectivity index is 2.71. The highest BCUT2D eigenvalue weighted by Crippen LogP contribution is 2.19. The van der Waals surface area contributed by atoms with E-state index in [4.69, 9.17) is 10.5 Å². The minimum absolute atomic E-state index is 0.123. The topological polar surface area (TPSA) is 91.2 Å². The van der Waals surface area contributed by atoms with Crippen LogP contribution in [0, 0.1) is 0 Å². The Bertz CT molecular complexity index is 321. The summed E-state index contributed by atoms with van der Waals surface area (Å²) in [7, 11) is 0. The summed E-state index contributed by atoms with van der Waals surface area (Å²) >= 11 is 0. The summed E-state index contributed by atoms with van der Waals surface area (Å²) in [4.78, 5) is 11.4. The van der Waals surface area contributed by atoms with E-state index in [1.165, 1.54) is 0 Å². The van der Waals surface area contributed by atoms with Gasteiger partial charge in [-0.15, -0.1) is 0 Å². The molecule has 0 aliphatic rings. The second kappa shape index (κ2) is 4.08. The van der Waals surface area contributed by atoms with Crippen molar-refractivity contribution in [1.29, 1.82) is 0 Å². The zero-order valence-corrected chi connectivity index (χ0v) is 8.35. The molecule has 0 bridgehead atoms. The maximum absolute atomic E-state index is 11.4. The lowest BCUT2D eigenvalue weighted by Crippen LogP contribution is -2.18. The third kappa shape index (κ3) is 2.21. The molecule has 0 amide bonds. The van der Waals surface area contributed by atoms with Gasteiger partial charge in [-0.1, -0.05) is 5.16 Å². The molecule has 0 saturated heterocycles. The van der Waals surface area contributed by atoms with Crippen LogP contribution in [0.4, 0.5) is 5.82 Å². The number of anilines is 1. The highest BCUT2D eigenvalue weighted by atomic mass is 16.6. The molecule has 1 rings (SSSR count). The van der Waals surface area contributed by atoms with E-state index in [1.54, 1.807) is 20.8 Å². The maximum Gasteiger partial charge on any atom is 0.315 e. The Labute approximate surface area is 81.4 Å². The van der Waals surface area contributed by atoms with Crippen LogP contribution in [0.2, 0.25) is 0 Å². The molecule has 14 heavy (non-hydrogen) atoms. The van der Waals surface area contributed by atoms with Gasteiger partial charge in [-0.2, -0.15) is 0 Å². The van der Waals surface area contributed by atoms with Crippen molar-refractivity contribution in [3.8, 4) is 0 Å². The number of nitrogen functional groups attached to an aromatic ring is 1. The van der Waals surface area contributed by atoms with Crippen molar-refractivity contribution >= 4 is 11.8 Å². The van der Waals surface area contributed by atoms with Gasteiger partial charge in [-0.3, -0.25) is 4.79 Å². The van der Waals surface area contributed by atoms with Crippen molar-refractivity contribution in [1.82, 2.24) is 10.3 Å².